The van der Waals surface area contributed by atoms with Crippen molar-refractivity contribution >= 4 is 11.6 Å². The summed E-state index contributed by atoms with van der Waals surface area (Å²) in [7, 11) is 1.79. The Morgan fingerprint density at radius 1 is 1.18 bits per heavy atom. The molecular weight excluding hydrogens is 278 g/mol. The van der Waals surface area contributed by atoms with Crippen LogP contribution in [0.5, 0.6) is 5.75 Å². The second-order valence-electron chi connectivity index (χ2n) is 5.14. The van der Waals surface area contributed by atoms with Crippen LogP contribution in [0, 0.1) is 13.8 Å². The van der Waals surface area contributed by atoms with Gasteiger partial charge in [0.2, 0.25) is 5.91 Å². The lowest BCUT2D eigenvalue weighted by Gasteiger charge is -2.20. The molecular formula is C17H21N3O2. The number of aryl methyl sites for hydroxylation is 2. The average molecular weight is 299 g/mol. The van der Waals surface area contributed by atoms with Crippen molar-refractivity contribution in [1.29, 1.82) is 0 Å². The smallest absolute Gasteiger partial charge is 0.241 e. The SMILES string of the molecule is Cc1ccc(OCCC(=O)NN(C)c2ccncc2)cc1C. The van der Waals surface area contributed by atoms with Crippen LogP contribution in [0.3, 0.4) is 0 Å². The van der Waals surface area contributed by atoms with Crippen molar-refractivity contribution in [1.82, 2.24) is 10.4 Å². The number of carbonyl (C=O) groups is 1. The molecule has 0 aliphatic carbocycles. The first-order valence-electron chi connectivity index (χ1n) is 7.19. The van der Waals surface area contributed by atoms with Gasteiger partial charge in [-0.05, 0) is 49.2 Å². The third-order valence-corrected chi connectivity index (χ3v) is 3.42. The molecule has 116 valence electrons. The number of hydrogen-bond acceptors (Lipinski definition) is 4. The zero-order valence-corrected chi connectivity index (χ0v) is 13.2. The van der Waals surface area contributed by atoms with E-state index in [0.29, 0.717) is 13.0 Å². The van der Waals surface area contributed by atoms with E-state index in [4.69, 9.17) is 4.74 Å². The minimum Gasteiger partial charge on any atom is -0.493 e. The second kappa shape index (κ2) is 7.45. The van der Waals surface area contributed by atoms with Gasteiger partial charge in [-0.1, -0.05) is 6.07 Å². The van der Waals surface area contributed by atoms with Crippen molar-refractivity contribution in [2.24, 2.45) is 0 Å². The number of nitrogens with one attached hydrogen (secondary N) is 1. The van der Waals surface area contributed by atoms with E-state index < -0.39 is 0 Å². The molecule has 5 heteroatoms. The van der Waals surface area contributed by atoms with Gasteiger partial charge >= 0.3 is 0 Å². The molecule has 0 aliphatic rings. The van der Waals surface area contributed by atoms with Gasteiger partial charge < -0.3 is 4.74 Å². The molecule has 1 N–H and O–H groups in total. The van der Waals surface area contributed by atoms with Crippen molar-refractivity contribution in [3.05, 3.63) is 53.9 Å². The number of ether oxygens (including phenoxy) is 1. The Bertz CT molecular complexity index is 629. The van der Waals surface area contributed by atoms with Crippen LogP contribution in [0.4, 0.5) is 5.69 Å². The first kappa shape index (κ1) is 15.8. The highest BCUT2D eigenvalue weighted by Gasteiger charge is 2.06. The Hall–Kier alpha value is -2.56. The number of benzene rings is 1. The van der Waals surface area contributed by atoms with Crippen molar-refractivity contribution in [2.45, 2.75) is 20.3 Å². The first-order valence-corrected chi connectivity index (χ1v) is 7.19. The average Bonchev–Trinajstić information content (AvgIpc) is 2.51. The van der Waals surface area contributed by atoms with E-state index in [0.717, 1.165) is 11.4 Å². The van der Waals surface area contributed by atoms with Crippen LogP contribution in [0.15, 0.2) is 42.7 Å². The fourth-order valence-corrected chi connectivity index (χ4v) is 1.94. The van der Waals surface area contributed by atoms with Gasteiger partial charge in [-0.15, -0.1) is 0 Å². The highest BCUT2D eigenvalue weighted by atomic mass is 16.5. The number of pyridine rings is 1. The lowest BCUT2D eigenvalue weighted by atomic mass is 10.1. The highest BCUT2D eigenvalue weighted by molar-refractivity contribution is 5.77. The fraction of sp³-hybridized carbons (Fsp3) is 0.294. The van der Waals surface area contributed by atoms with Gasteiger partial charge in [0.25, 0.3) is 0 Å². The second-order valence-corrected chi connectivity index (χ2v) is 5.14. The molecule has 1 amide bonds. The third kappa shape index (κ3) is 4.48. The Kier molecular flexibility index (Phi) is 5.36. The Morgan fingerprint density at radius 3 is 2.59 bits per heavy atom. The maximum absolute atomic E-state index is 11.9. The molecule has 2 aromatic rings. The molecule has 0 spiro atoms. The summed E-state index contributed by atoms with van der Waals surface area (Å²) in [6, 6.07) is 9.57. The molecule has 0 bridgehead atoms. The summed E-state index contributed by atoms with van der Waals surface area (Å²) in [6.45, 7) is 4.44. The number of rotatable bonds is 6. The zero-order chi connectivity index (χ0) is 15.9. The zero-order valence-electron chi connectivity index (χ0n) is 13.2. The summed E-state index contributed by atoms with van der Waals surface area (Å²) in [6.07, 6.45) is 3.66. The number of carbonyl (C=O) groups excluding carboxylic acids is 1. The summed E-state index contributed by atoms with van der Waals surface area (Å²) in [4.78, 5) is 15.8. The van der Waals surface area contributed by atoms with E-state index in [1.165, 1.54) is 11.1 Å². The van der Waals surface area contributed by atoms with E-state index in [1.54, 1.807) is 24.5 Å². The Morgan fingerprint density at radius 2 is 1.91 bits per heavy atom. The maximum atomic E-state index is 11.9. The maximum Gasteiger partial charge on any atom is 0.241 e. The monoisotopic (exact) mass is 299 g/mol. The normalized spacial score (nSPS) is 10.1. The molecule has 2 rings (SSSR count). The molecule has 0 aliphatic heterocycles. The molecule has 1 heterocycles. The van der Waals surface area contributed by atoms with Crippen LogP contribution in [-0.4, -0.2) is 24.5 Å². The van der Waals surface area contributed by atoms with Crippen molar-refractivity contribution in [3.8, 4) is 5.75 Å². The molecule has 0 radical (unpaired) electrons. The van der Waals surface area contributed by atoms with Gasteiger partial charge in [0.05, 0.1) is 18.7 Å². The molecule has 0 fully saturated rings. The predicted molar refractivity (Wildman–Crippen MR) is 86.8 cm³/mol. The van der Waals surface area contributed by atoms with Crippen molar-refractivity contribution < 1.29 is 9.53 Å². The molecule has 0 saturated heterocycles. The molecule has 5 nitrogen and oxygen atoms in total. The van der Waals surface area contributed by atoms with Gasteiger partial charge in [0.15, 0.2) is 0 Å². The topological polar surface area (TPSA) is 54.5 Å². The van der Waals surface area contributed by atoms with E-state index >= 15 is 0 Å². The number of amides is 1. The minimum absolute atomic E-state index is 0.0943. The summed E-state index contributed by atoms with van der Waals surface area (Å²) < 4.78 is 5.61. The Labute approximate surface area is 130 Å². The van der Waals surface area contributed by atoms with Gasteiger partial charge in [-0.25, -0.2) is 0 Å². The molecule has 0 atom stereocenters. The number of aromatic nitrogens is 1. The van der Waals surface area contributed by atoms with Gasteiger partial charge in [0, 0.05) is 19.4 Å². The lowest BCUT2D eigenvalue weighted by Crippen LogP contribution is -2.39. The Balaban J connectivity index is 1.77. The standard InChI is InChI=1S/C17H21N3O2/c1-13-4-5-16(12-14(13)2)22-11-8-17(21)19-20(3)15-6-9-18-10-7-15/h4-7,9-10,12H,8,11H2,1-3H3,(H,19,21). The fourth-order valence-electron chi connectivity index (χ4n) is 1.94. The minimum atomic E-state index is -0.0943. The van der Waals surface area contributed by atoms with Crippen molar-refractivity contribution in [2.75, 3.05) is 18.7 Å². The van der Waals surface area contributed by atoms with Crippen LogP contribution in [-0.2, 0) is 4.79 Å². The van der Waals surface area contributed by atoms with Crippen LogP contribution < -0.4 is 15.2 Å². The predicted octanol–water partition coefficient (Wildman–Crippen LogP) is 2.63. The molecule has 0 unspecified atom stereocenters. The van der Waals surface area contributed by atoms with E-state index in [1.807, 2.05) is 37.3 Å². The summed E-state index contributed by atoms with van der Waals surface area (Å²) in [5.74, 6) is 0.696. The lowest BCUT2D eigenvalue weighted by molar-refractivity contribution is -0.121. The molecule has 22 heavy (non-hydrogen) atoms. The van der Waals surface area contributed by atoms with Crippen molar-refractivity contribution in [3.63, 3.8) is 0 Å². The van der Waals surface area contributed by atoms with E-state index in [9.17, 15) is 4.79 Å². The molecule has 0 saturated carbocycles. The van der Waals surface area contributed by atoms with Crippen LogP contribution in [0.1, 0.15) is 17.5 Å². The number of anilines is 1. The van der Waals surface area contributed by atoms with Crippen LogP contribution in [0.25, 0.3) is 0 Å². The number of nitrogens with zero attached hydrogens (tertiary/aromatic N) is 2. The molecule has 1 aromatic carbocycles. The quantitative estimate of drug-likeness (QED) is 0.833. The van der Waals surface area contributed by atoms with Gasteiger partial charge in [0.1, 0.15) is 5.75 Å². The summed E-state index contributed by atoms with van der Waals surface area (Å²) >= 11 is 0. The summed E-state index contributed by atoms with van der Waals surface area (Å²) in [5, 5.41) is 1.67. The summed E-state index contributed by atoms with van der Waals surface area (Å²) in [5.41, 5.74) is 6.07. The van der Waals surface area contributed by atoms with Crippen LogP contribution >= 0.6 is 0 Å². The van der Waals surface area contributed by atoms with Gasteiger partial charge in [-0.2, -0.15) is 0 Å². The van der Waals surface area contributed by atoms with Gasteiger partial charge in [-0.3, -0.25) is 20.2 Å². The largest absolute Gasteiger partial charge is 0.493 e. The highest BCUT2D eigenvalue weighted by Crippen LogP contribution is 2.16. The van der Waals surface area contributed by atoms with Crippen LogP contribution in [0.2, 0.25) is 0 Å². The van der Waals surface area contributed by atoms with E-state index in [-0.39, 0.29) is 5.91 Å². The number of hydrazine groups is 1. The molecule has 1 aromatic heterocycles. The first-order chi connectivity index (χ1) is 10.6. The number of hydrogen-bond donors (Lipinski definition) is 1. The third-order valence-electron chi connectivity index (χ3n) is 3.42. The van der Waals surface area contributed by atoms with E-state index in [2.05, 4.69) is 17.3 Å².